The molecular formula is C44H66BN9O10. The Labute approximate surface area is 374 Å². The molecule has 0 aromatic heterocycles. The van der Waals surface area contributed by atoms with Crippen LogP contribution in [0.4, 0.5) is 4.79 Å². The first kappa shape index (κ1) is 49.9. The quantitative estimate of drug-likeness (QED) is 0.0440. The molecule has 4 aliphatic rings. The summed E-state index contributed by atoms with van der Waals surface area (Å²) in [5, 5.41) is 22.5. The Bertz CT molecular complexity index is 1970. The standard InChI is InChI=1S/C44H66BN9O10/c1-6-7-10-25-12-14-26(15-13-25)27-16-18-29(19-17-27)62-42(61)51-30(11-8-9-20-46)37(57)52-35(24(2)55)39(59)53-36(48)40(60)50-31(23-34(47)56)38(58)54-41(49)45-63-33-22-28-21-32(43(28,3)4)44(33,5)64-45/h12-19,24,28,30-33,35-36,41,55H,6-11,20-23,46,48-49H2,1-5H3,(H2,47,56)(H,50,60)(H,51,61)(H,52,57)(H,53,59)(H,54,58)/t24-,28+,30+,31?,32+,33?,35+,36-,41-,44+/m1/s1. The third-order valence-electron chi connectivity index (χ3n) is 13.0. The van der Waals surface area contributed by atoms with Crippen LogP contribution in [-0.4, -0.2) is 103 Å². The summed E-state index contributed by atoms with van der Waals surface area (Å²) in [5.41, 5.74) is 26.0. The maximum absolute atomic E-state index is 13.6. The van der Waals surface area contributed by atoms with Gasteiger partial charge in [-0.05, 0) is 111 Å². The van der Waals surface area contributed by atoms with Gasteiger partial charge in [0.1, 0.15) is 29.9 Å². The topological polar surface area (TPSA) is 315 Å². The molecule has 2 aromatic carbocycles. The Morgan fingerprint density at radius 3 is 2.06 bits per heavy atom. The first-order valence-corrected chi connectivity index (χ1v) is 22.2. The van der Waals surface area contributed by atoms with Gasteiger partial charge in [-0.25, -0.2) is 4.79 Å². The zero-order valence-electron chi connectivity index (χ0n) is 37.4. The number of aliphatic hydroxyl groups excluding tert-OH is 1. The number of benzene rings is 2. The van der Waals surface area contributed by atoms with E-state index < -0.39 is 91.2 Å². The normalized spacial score (nSPS) is 23.4. The van der Waals surface area contributed by atoms with E-state index in [9.17, 15) is 33.9 Å². The number of carbonyl (C=O) groups is 6. The predicted molar refractivity (Wildman–Crippen MR) is 238 cm³/mol. The number of rotatable bonds is 22. The lowest BCUT2D eigenvalue weighted by atomic mass is 9.43. The Balaban J connectivity index is 1.14. The van der Waals surface area contributed by atoms with Crippen LogP contribution in [0.15, 0.2) is 48.5 Å². The zero-order chi connectivity index (χ0) is 46.9. The van der Waals surface area contributed by atoms with Crippen LogP contribution in [0.25, 0.3) is 11.1 Å². The molecule has 6 amide bonds. The van der Waals surface area contributed by atoms with E-state index in [1.54, 1.807) is 12.1 Å². The van der Waals surface area contributed by atoms with Gasteiger partial charge in [0.25, 0.3) is 5.91 Å². The molecule has 10 atom stereocenters. The van der Waals surface area contributed by atoms with Crippen LogP contribution in [0.3, 0.4) is 0 Å². The highest BCUT2D eigenvalue weighted by Crippen LogP contribution is 2.65. The minimum absolute atomic E-state index is 0.0687. The second-order valence-corrected chi connectivity index (χ2v) is 18.0. The molecule has 3 saturated carbocycles. The SMILES string of the molecule is CCCCc1ccc(-c2ccc(OC(=O)N[C@@H](CCCCN)C(=O)N[C@H](C(=O)N[C@@H](N)C(=O)NC(CC(N)=O)C(=O)N[C@@H](N)B3OC4C[C@@H]5C[C@@H](C5(C)C)[C@]4(C)O3)[C@@H](C)O)cc2)cc1. The highest BCUT2D eigenvalue weighted by Gasteiger charge is 2.68. The van der Waals surface area contributed by atoms with Crippen LogP contribution in [0.1, 0.15) is 91.5 Å². The summed E-state index contributed by atoms with van der Waals surface area (Å²) >= 11 is 0. The predicted octanol–water partition coefficient (Wildman–Crippen LogP) is 0.577. The Morgan fingerprint density at radius 1 is 0.828 bits per heavy atom. The molecule has 2 aromatic rings. The molecule has 20 heteroatoms. The number of aliphatic hydroxyl groups is 1. The monoisotopic (exact) mass is 892 g/mol. The van der Waals surface area contributed by atoms with E-state index in [0.717, 1.165) is 43.2 Å². The first-order valence-electron chi connectivity index (χ1n) is 22.2. The van der Waals surface area contributed by atoms with Gasteiger partial charge in [0.05, 0.1) is 24.2 Å². The average molecular weight is 892 g/mol. The fraction of sp³-hybridized carbons (Fsp3) is 0.591. The minimum Gasteiger partial charge on any atom is -0.410 e. The maximum atomic E-state index is 13.6. The van der Waals surface area contributed by atoms with Crippen LogP contribution in [0.2, 0.25) is 0 Å². The number of nitrogens with one attached hydrogen (secondary N) is 5. The third-order valence-corrected chi connectivity index (χ3v) is 13.0. The number of hydrogen-bond acceptors (Lipinski definition) is 13. The van der Waals surface area contributed by atoms with Gasteiger partial charge in [0.2, 0.25) is 23.6 Å². The second kappa shape index (κ2) is 21.7. The maximum Gasteiger partial charge on any atom is 0.497 e. The largest absolute Gasteiger partial charge is 0.497 e. The van der Waals surface area contributed by atoms with Crippen molar-refractivity contribution in [3.63, 3.8) is 0 Å². The smallest absolute Gasteiger partial charge is 0.410 e. The Morgan fingerprint density at radius 2 is 1.47 bits per heavy atom. The van der Waals surface area contributed by atoms with Gasteiger partial charge >= 0.3 is 13.2 Å². The zero-order valence-corrected chi connectivity index (χ0v) is 37.4. The fourth-order valence-electron chi connectivity index (χ4n) is 9.03. The van der Waals surface area contributed by atoms with Gasteiger partial charge in [0.15, 0.2) is 6.17 Å². The molecule has 0 radical (unpaired) electrons. The lowest BCUT2D eigenvalue weighted by Crippen LogP contribution is -2.65. The van der Waals surface area contributed by atoms with Crippen LogP contribution < -0.4 is 54.3 Å². The molecule has 64 heavy (non-hydrogen) atoms. The van der Waals surface area contributed by atoms with Crippen molar-refractivity contribution in [3.05, 3.63) is 54.1 Å². The average Bonchev–Trinajstić information content (AvgIpc) is 3.62. The van der Waals surface area contributed by atoms with E-state index in [1.807, 2.05) is 31.2 Å². The van der Waals surface area contributed by atoms with Crippen LogP contribution in [-0.2, 0) is 39.7 Å². The summed E-state index contributed by atoms with van der Waals surface area (Å²) in [4.78, 5) is 78.5. The molecule has 0 spiro atoms. The molecule has 6 rings (SSSR count). The third kappa shape index (κ3) is 12.2. The number of carbonyl (C=O) groups excluding carboxylic acids is 6. The van der Waals surface area contributed by atoms with Crippen molar-refractivity contribution in [2.24, 2.45) is 40.2 Å². The highest BCUT2D eigenvalue weighted by atomic mass is 16.7. The molecule has 14 N–H and O–H groups in total. The van der Waals surface area contributed by atoms with Gasteiger partial charge < -0.3 is 68.7 Å². The molecule has 2 bridgehead atoms. The summed E-state index contributed by atoms with van der Waals surface area (Å²) in [7, 11) is -1.00. The van der Waals surface area contributed by atoms with Crippen molar-refractivity contribution >= 4 is 42.7 Å². The van der Waals surface area contributed by atoms with E-state index in [2.05, 4.69) is 59.5 Å². The number of primary amides is 1. The van der Waals surface area contributed by atoms with Gasteiger partial charge in [-0.1, -0.05) is 63.6 Å². The van der Waals surface area contributed by atoms with Crippen LogP contribution in [0.5, 0.6) is 5.75 Å². The minimum atomic E-state index is -1.84. The van der Waals surface area contributed by atoms with Crippen LogP contribution in [0, 0.1) is 17.3 Å². The number of amides is 6. The number of hydrogen-bond donors (Lipinski definition) is 10. The molecule has 1 heterocycles. The van der Waals surface area contributed by atoms with Gasteiger partial charge in [0, 0.05) is 0 Å². The van der Waals surface area contributed by atoms with E-state index in [-0.39, 0.29) is 29.6 Å². The number of aryl methyl sites for hydroxylation is 1. The summed E-state index contributed by atoms with van der Waals surface area (Å²) in [6, 6.07) is 9.50. The van der Waals surface area contributed by atoms with Gasteiger partial charge in [-0.15, -0.1) is 0 Å². The van der Waals surface area contributed by atoms with E-state index in [1.165, 1.54) is 12.5 Å². The molecule has 3 aliphatic carbocycles. The molecule has 19 nitrogen and oxygen atoms in total. The first-order chi connectivity index (χ1) is 30.3. The Kier molecular flexibility index (Phi) is 16.9. The number of unbranched alkanes of at least 4 members (excludes halogenated alkanes) is 2. The van der Waals surface area contributed by atoms with Crippen molar-refractivity contribution in [2.45, 2.75) is 141 Å². The second-order valence-electron chi connectivity index (χ2n) is 18.0. The van der Waals surface area contributed by atoms with Gasteiger partial charge in [-0.3, -0.25) is 24.0 Å². The molecule has 4 fully saturated rings. The van der Waals surface area contributed by atoms with E-state index >= 15 is 0 Å². The van der Waals surface area contributed by atoms with Crippen molar-refractivity contribution in [1.82, 2.24) is 26.6 Å². The summed E-state index contributed by atoms with van der Waals surface area (Å²) in [6.07, 6.45) is 0.909. The van der Waals surface area contributed by atoms with Crippen molar-refractivity contribution in [1.29, 1.82) is 0 Å². The number of nitrogens with two attached hydrogens (primary N) is 4. The lowest BCUT2D eigenvalue weighted by Gasteiger charge is -2.64. The molecule has 2 unspecified atom stereocenters. The van der Waals surface area contributed by atoms with Crippen LogP contribution >= 0.6 is 0 Å². The molecule has 1 saturated heterocycles. The van der Waals surface area contributed by atoms with Crippen molar-refractivity contribution in [2.75, 3.05) is 6.54 Å². The fourth-order valence-corrected chi connectivity index (χ4v) is 9.03. The lowest BCUT2D eigenvalue weighted by molar-refractivity contribution is -0.199. The summed E-state index contributed by atoms with van der Waals surface area (Å²) < 4.78 is 17.9. The van der Waals surface area contributed by atoms with E-state index in [4.69, 9.17) is 37.0 Å². The molecule has 1 aliphatic heterocycles. The van der Waals surface area contributed by atoms with Gasteiger partial charge in [-0.2, -0.15) is 0 Å². The highest BCUT2D eigenvalue weighted by molar-refractivity contribution is 6.47. The number of ether oxygens (including phenoxy) is 1. The molecule has 350 valence electrons. The van der Waals surface area contributed by atoms with Crippen molar-refractivity contribution in [3.8, 4) is 16.9 Å². The Hall–Kier alpha value is -5.12. The summed E-state index contributed by atoms with van der Waals surface area (Å²) in [5.74, 6) is -3.92. The van der Waals surface area contributed by atoms with Crippen molar-refractivity contribution < 1.29 is 47.9 Å². The summed E-state index contributed by atoms with van der Waals surface area (Å²) in [6.45, 7) is 10.1. The molecular weight excluding hydrogens is 825 g/mol. The van der Waals surface area contributed by atoms with E-state index in [0.29, 0.717) is 25.3 Å².